The van der Waals surface area contributed by atoms with E-state index in [0.717, 1.165) is 27.9 Å². The molecule has 3 aromatic rings. The highest BCUT2D eigenvalue weighted by Crippen LogP contribution is 2.31. The van der Waals surface area contributed by atoms with Crippen LogP contribution in [0.1, 0.15) is 45.2 Å². The van der Waals surface area contributed by atoms with E-state index >= 15 is 0 Å². The lowest BCUT2D eigenvalue weighted by atomic mass is 10.1. The van der Waals surface area contributed by atoms with Crippen molar-refractivity contribution in [2.75, 3.05) is 11.4 Å². The molecule has 0 spiro atoms. The molecule has 0 saturated heterocycles. The van der Waals surface area contributed by atoms with E-state index in [1.807, 2.05) is 52.0 Å². The molecule has 1 heterocycles. The van der Waals surface area contributed by atoms with E-state index in [1.165, 1.54) is 18.3 Å². The van der Waals surface area contributed by atoms with Gasteiger partial charge in [0.05, 0.1) is 11.4 Å². The Kier molecular flexibility index (Phi) is 7.60. The quantitative estimate of drug-likeness (QED) is 0.518. The fraction of sp³-hybridized carbons (Fsp3) is 0.280. The van der Waals surface area contributed by atoms with Crippen LogP contribution in [0.25, 0.3) is 0 Å². The number of aromatic nitrogens is 1. The Morgan fingerprint density at radius 3 is 2.33 bits per heavy atom. The minimum absolute atomic E-state index is 0.0482. The van der Waals surface area contributed by atoms with Crippen LogP contribution >= 0.6 is 11.3 Å². The van der Waals surface area contributed by atoms with Crippen LogP contribution in [0.5, 0.6) is 0 Å². The number of carbonyl (C=O) groups excluding carboxylic acids is 3. The second kappa shape index (κ2) is 10.4. The number of anilines is 2. The molecule has 0 radical (unpaired) electrons. The first-order valence-electron chi connectivity index (χ1n) is 10.5. The SMILES string of the molecule is CC(=O)N(c1nc(COC(=O)CNC(=O)c2cc(C)cc(C)c2)cs1)c1ccc(C)cc1C. The third-order valence-corrected chi connectivity index (χ3v) is 5.77. The van der Waals surface area contributed by atoms with Crippen molar-refractivity contribution in [2.45, 2.75) is 41.2 Å². The Morgan fingerprint density at radius 2 is 1.70 bits per heavy atom. The molecule has 7 nitrogen and oxygen atoms in total. The monoisotopic (exact) mass is 465 g/mol. The summed E-state index contributed by atoms with van der Waals surface area (Å²) in [5.74, 6) is -1.06. The summed E-state index contributed by atoms with van der Waals surface area (Å²) in [6.45, 7) is 8.95. The molecular formula is C25H27N3O4S. The third-order valence-electron chi connectivity index (χ3n) is 4.90. The van der Waals surface area contributed by atoms with E-state index in [9.17, 15) is 14.4 Å². The zero-order valence-corrected chi connectivity index (χ0v) is 20.2. The second-order valence-corrected chi connectivity index (χ2v) is 8.82. The maximum atomic E-state index is 12.3. The van der Waals surface area contributed by atoms with E-state index in [2.05, 4.69) is 10.3 Å². The molecule has 3 rings (SSSR count). The first-order valence-corrected chi connectivity index (χ1v) is 11.4. The average Bonchev–Trinajstić information content (AvgIpc) is 3.19. The summed E-state index contributed by atoms with van der Waals surface area (Å²) >= 11 is 1.30. The van der Waals surface area contributed by atoms with E-state index in [1.54, 1.807) is 22.4 Å². The normalized spacial score (nSPS) is 10.6. The number of benzene rings is 2. The second-order valence-electron chi connectivity index (χ2n) is 7.99. The molecule has 2 amide bonds. The van der Waals surface area contributed by atoms with Gasteiger partial charge in [0.2, 0.25) is 5.91 Å². The van der Waals surface area contributed by atoms with Gasteiger partial charge in [0.25, 0.3) is 5.91 Å². The number of rotatable bonds is 7. The smallest absolute Gasteiger partial charge is 0.325 e. The summed E-state index contributed by atoms with van der Waals surface area (Å²) in [5.41, 5.74) is 5.81. The van der Waals surface area contributed by atoms with Gasteiger partial charge >= 0.3 is 5.97 Å². The van der Waals surface area contributed by atoms with Crippen molar-refractivity contribution in [3.05, 3.63) is 75.3 Å². The van der Waals surface area contributed by atoms with Crippen LogP contribution in [0.2, 0.25) is 0 Å². The first-order chi connectivity index (χ1) is 15.6. The Hall–Kier alpha value is -3.52. The minimum Gasteiger partial charge on any atom is -0.458 e. The van der Waals surface area contributed by atoms with Gasteiger partial charge in [0.15, 0.2) is 5.13 Å². The molecule has 0 saturated carbocycles. The maximum absolute atomic E-state index is 12.3. The Balaban J connectivity index is 1.59. The summed E-state index contributed by atoms with van der Waals surface area (Å²) in [5, 5.41) is 4.83. The molecule has 0 aliphatic heterocycles. The number of thiazole rings is 1. The Labute approximate surface area is 197 Å². The van der Waals surface area contributed by atoms with Gasteiger partial charge in [-0.05, 0) is 51.5 Å². The van der Waals surface area contributed by atoms with Crippen molar-refractivity contribution in [1.82, 2.24) is 10.3 Å². The van der Waals surface area contributed by atoms with E-state index in [-0.39, 0.29) is 25.0 Å². The van der Waals surface area contributed by atoms with Gasteiger partial charge in [0, 0.05) is 17.9 Å². The van der Waals surface area contributed by atoms with Gasteiger partial charge in [-0.3, -0.25) is 19.3 Å². The molecule has 0 fully saturated rings. The molecule has 8 heteroatoms. The lowest BCUT2D eigenvalue weighted by Crippen LogP contribution is -2.30. The lowest BCUT2D eigenvalue weighted by molar-refractivity contribution is -0.143. The number of carbonyl (C=O) groups is 3. The number of ether oxygens (including phenoxy) is 1. The van der Waals surface area contributed by atoms with Crippen LogP contribution < -0.4 is 10.2 Å². The van der Waals surface area contributed by atoms with Gasteiger partial charge in [-0.1, -0.05) is 34.9 Å². The molecular weight excluding hydrogens is 438 g/mol. The number of aryl methyl sites for hydroxylation is 4. The van der Waals surface area contributed by atoms with Gasteiger partial charge < -0.3 is 10.1 Å². The summed E-state index contributed by atoms with van der Waals surface area (Å²) < 4.78 is 5.25. The molecule has 33 heavy (non-hydrogen) atoms. The van der Waals surface area contributed by atoms with Crippen LogP contribution in [-0.2, 0) is 20.9 Å². The largest absolute Gasteiger partial charge is 0.458 e. The standard InChI is InChI=1S/C25H27N3O4S/c1-15-6-7-22(18(4)9-15)28(19(5)29)25-27-21(14-33-25)13-32-23(30)12-26-24(31)20-10-16(2)8-17(3)11-20/h6-11,14H,12-13H2,1-5H3,(H,26,31). The zero-order chi connectivity index (χ0) is 24.1. The van der Waals surface area contributed by atoms with Crippen LogP contribution in [0.3, 0.4) is 0 Å². The van der Waals surface area contributed by atoms with E-state index in [0.29, 0.717) is 16.4 Å². The number of esters is 1. The fourth-order valence-electron chi connectivity index (χ4n) is 3.49. The van der Waals surface area contributed by atoms with E-state index in [4.69, 9.17) is 4.74 Å². The van der Waals surface area contributed by atoms with Gasteiger partial charge in [0.1, 0.15) is 13.2 Å². The molecule has 172 valence electrons. The highest BCUT2D eigenvalue weighted by Gasteiger charge is 2.20. The lowest BCUT2D eigenvalue weighted by Gasteiger charge is -2.20. The number of hydrogen-bond acceptors (Lipinski definition) is 6. The fourth-order valence-corrected chi connectivity index (χ4v) is 4.36. The van der Waals surface area contributed by atoms with Gasteiger partial charge in [-0.15, -0.1) is 11.3 Å². The highest BCUT2D eigenvalue weighted by atomic mass is 32.1. The summed E-state index contributed by atoms with van der Waals surface area (Å²) in [6.07, 6.45) is 0. The van der Waals surface area contributed by atoms with Crippen LogP contribution in [-0.4, -0.2) is 29.3 Å². The average molecular weight is 466 g/mol. The molecule has 1 aromatic heterocycles. The molecule has 0 atom stereocenters. The molecule has 0 unspecified atom stereocenters. The third kappa shape index (κ3) is 6.26. The molecule has 2 aromatic carbocycles. The van der Waals surface area contributed by atoms with Crippen molar-refractivity contribution in [2.24, 2.45) is 0 Å². The molecule has 0 bridgehead atoms. The van der Waals surface area contributed by atoms with Gasteiger partial charge in [-0.25, -0.2) is 4.98 Å². The predicted molar refractivity (Wildman–Crippen MR) is 129 cm³/mol. The van der Waals surface area contributed by atoms with Crippen LogP contribution in [0, 0.1) is 27.7 Å². The topological polar surface area (TPSA) is 88.6 Å². The Bertz CT molecular complexity index is 1180. The zero-order valence-electron chi connectivity index (χ0n) is 19.4. The van der Waals surface area contributed by atoms with Crippen molar-refractivity contribution >= 4 is 39.9 Å². The molecule has 0 aliphatic carbocycles. The van der Waals surface area contributed by atoms with Crippen molar-refractivity contribution < 1.29 is 19.1 Å². The summed E-state index contributed by atoms with van der Waals surface area (Å²) in [4.78, 5) is 42.7. The van der Waals surface area contributed by atoms with Crippen molar-refractivity contribution in [3.63, 3.8) is 0 Å². The number of nitrogens with one attached hydrogen (secondary N) is 1. The number of amides is 2. The maximum Gasteiger partial charge on any atom is 0.325 e. The van der Waals surface area contributed by atoms with Crippen molar-refractivity contribution in [3.8, 4) is 0 Å². The van der Waals surface area contributed by atoms with Crippen LogP contribution in [0.15, 0.2) is 41.8 Å². The minimum atomic E-state index is -0.569. The van der Waals surface area contributed by atoms with Crippen LogP contribution in [0.4, 0.5) is 10.8 Å². The summed E-state index contributed by atoms with van der Waals surface area (Å²) in [6, 6.07) is 11.4. The first kappa shape index (κ1) is 24.1. The predicted octanol–water partition coefficient (Wildman–Crippen LogP) is 4.53. The Morgan fingerprint density at radius 1 is 1.00 bits per heavy atom. The number of nitrogens with zero attached hydrogens (tertiary/aromatic N) is 2. The van der Waals surface area contributed by atoms with Gasteiger partial charge in [-0.2, -0.15) is 0 Å². The van der Waals surface area contributed by atoms with E-state index < -0.39 is 5.97 Å². The highest BCUT2D eigenvalue weighted by molar-refractivity contribution is 7.14. The van der Waals surface area contributed by atoms with Crippen molar-refractivity contribution in [1.29, 1.82) is 0 Å². The summed E-state index contributed by atoms with van der Waals surface area (Å²) in [7, 11) is 0. The number of hydrogen-bond donors (Lipinski definition) is 1. The molecule has 1 N–H and O–H groups in total. The molecule has 0 aliphatic rings.